The molecule has 0 heterocycles. The van der Waals surface area contributed by atoms with Gasteiger partial charge in [0, 0.05) is 0 Å². The van der Waals surface area contributed by atoms with Crippen molar-refractivity contribution >= 4 is 19.9 Å². The van der Waals surface area contributed by atoms with Crippen molar-refractivity contribution in [2.24, 2.45) is 0 Å². The zero-order valence-electron chi connectivity index (χ0n) is 7.68. The van der Waals surface area contributed by atoms with Crippen LogP contribution < -0.4 is 0 Å². The van der Waals surface area contributed by atoms with Crippen molar-refractivity contribution < 1.29 is 0 Å². The summed E-state index contributed by atoms with van der Waals surface area (Å²) in [5.74, 6) is 0. The Morgan fingerprint density at radius 2 is 1.83 bits per heavy atom. The summed E-state index contributed by atoms with van der Waals surface area (Å²) in [6.07, 6.45) is 0. The Balaban J connectivity index is 2.82. The smallest absolute Gasteiger partial charge is 0.126 e. The Labute approximate surface area is 81.5 Å². The first-order valence-corrected chi connectivity index (χ1v) is 7.42. The predicted molar refractivity (Wildman–Crippen MR) is 58.7 cm³/mol. The van der Waals surface area contributed by atoms with E-state index < -0.39 is 0 Å². The molecule has 0 aliphatic heterocycles. The summed E-state index contributed by atoms with van der Waals surface area (Å²) in [5, 5.41) is 0. The molecule has 1 aromatic rings. The van der Waals surface area contributed by atoms with Crippen molar-refractivity contribution in [1.29, 1.82) is 0 Å². The molecule has 0 fully saturated rings. The van der Waals surface area contributed by atoms with Crippen LogP contribution in [0.15, 0.2) is 30.3 Å². The number of benzene rings is 1. The Morgan fingerprint density at radius 3 is 2.33 bits per heavy atom. The molecule has 0 radical (unpaired) electrons. The van der Waals surface area contributed by atoms with Crippen LogP contribution in [0.5, 0.6) is 0 Å². The van der Waals surface area contributed by atoms with Crippen LogP contribution in [-0.4, -0.2) is 8.83 Å². The molecule has 0 bridgehead atoms. The van der Waals surface area contributed by atoms with Gasteiger partial charge in [0.05, 0.1) is 0 Å². The molecule has 0 atom stereocenters. The van der Waals surface area contributed by atoms with E-state index in [0.717, 1.165) is 0 Å². The van der Waals surface area contributed by atoms with Crippen molar-refractivity contribution in [2.45, 2.75) is 25.3 Å². The van der Waals surface area contributed by atoms with Crippen LogP contribution in [0.3, 0.4) is 0 Å². The lowest BCUT2D eigenvalue weighted by atomic mass is 9.87. The van der Waals surface area contributed by atoms with Gasteiger partial charge in [0.15, 0.2) is 0 Å². The second kappa shape index (κ2) is 4.10. The van der Waals surface area contributed by atoms with Gasteiger partial charge in [-0.2, -0.15) is 11.1 Å². The van der Waals surface area contributed by atoms with Crippen molar-refractivity contribution in [2.75, 3.05) is 0 Å². The first kappa shape index (κ1) is 9.81. The van der Waals surface area contributed by atoms with Crippen LogP contribution in [0.1, 0.15) is 19.4 Å². The topological polar surface area (TPSA) is 0 Å². The molecule has 0 nitrogen and oxygen atoms in total. The van der Waals surface area contributed by atoms with E-state index in [-0.39, 0.29) is 14.2 Å². The van der Waals surface area contributed by atoms with E-state index in [1.807, 2.05) is 0 Å². The first-order chi connectivity index (χ1) is 5.67. The van der Waals surface area contributed by atoms with Gasteiger partial charge in [-0.15, -0.1) is 0 Å². The molecule has 12 heavy (non-hydrogen) atoms. The summed E-state index contributed by atoms with van der Waals surface area (Å²) in [5.41, 5.74) is 1.67. The molecule has 0 aliphatic rings. The van der Waals surface area contributed by atoms with Gasteiger partial charge >= 0.3 is 0 Å². The molecule has 0 spiro atoms. The van der Waals surface area contributed by atoms with Crippen molar-refractivity contribution in [3.63, 3.8) is 0 Å². The van der Waals surface area contributed by atoms with Gasteiger partial charge in [-0.1, -0.05) is 44.2 Å². The third kappa shape index (κ3) is 2.36. The summed E-state index contributed by atoms with van der Waals surface area (Å²) in [4.78, 5) is 0. The lowest BCUT2D eigenvalue weighted by Crippen LogP contribution is -2.17. The summed E-state index contributed by atoms with van der Waals surface area (Å²) >= 11 is 5.87. The second-order valence-corrected chi connectivity index (χ2v) is 5.70. The molecule has 0 aliphatic carbocycles. The Bertz CT molecular complexity index is 231. The van der Waals surface area contributed by atoms with Crippen LogP contribution in [0.2, 0.25) is 6.04 Å². The largest absolute Gasteiger partial charge is 0.176 e. The zero-order valence-corrected chi connectivity index (χ0v) is 9.85. The molecule has 2 heteroatoms. The molecule has 0 saturated heterocycles. The highest BCUT2D eigenvalue weighted by atomic mass is 35.6. The van der Waals surface area contributed by atoms with E-state index in [1.54, 1.807) is 0 Å². The van der Waals surface area contributed by atoms with Gasteiger partial charge < -0.3 is 0 Å². The maximum atomic E-state index is 5.87. The minimum Gasteiger partial charge on any atom is -0.176 e. The fraction of sp³-hybridized carbons (Fsp3) is 0.400. The molecular weight excluding hydrogens is 184 g/mol. The van der Waals surface area contributed by atoms with Crippen LogP contribution in [-0.2, 0) is 5.41 Å². The quantitative estimate of drug-likeness (QED) is 0.518. The van der Waals surface area contributed by atoms with Crippen LogP contribution >= 0.6 is 11.1 Å². The number of hydrogen-bond donors (Lipinski definition) is 0. The molecular formula is C10H15ClSi. The molecule has 66 valence electrons. The fourth-order valence-electron chi connectivity index (χ4n) is 1.27. The number of halogens is 1. The number of rotatable bonds is 3. The van der Waals surface area contributed by atoms with Gasteiger partial charge in [0.25, 0.3) is 0 Å². The Hall–Kier alpha value is -0.273. The minimum atomic E-state index is -0.362. The molecule has 0 amide bonds. The Kier molecular flexibility index (Phi) is 3.36. The molecule has 0 saturated carbocycles. The first-order valence-electron chi connectivity index (χ1n) is 4.28. The van der Waals surface area contributed by atoms with Crippen LogP contribution in [0.25, 0.3) is 0 Å². The highest BCUT2D eigenvalue weighted by Crippen LogP contribution is 2.26. The van der Waals surface area contributed by atoms with E-state index in [9.17, 15) is 0 Å². The minimum absolute atomic E-state index is 0.273. The van der Waals surface area contributed by atoms with E-state index in [4.69, 9.17) is 11.1 Å². The third-order valence-corrected chi connectivity index (χ3v) is 4.28. The SMILES string of the molecule is CC(C)(C[SiH2]Cl)c1ccccc1. The van der Waals surface area contributed by atoms with Crippen molar-refractivity contribution in [1.82, 2.24) is 0 Å². The maximum absolute atomic E-state index is 5.87. The average molecular weight is 199 g/mol. The normalized spacial score (nSPS) is 12.6. The zero-order chi connectivity index (χ0) is 9.03. The molecule has 1 aromatic carbocycles. The fourth-order valence-corrected chi connectivity index (χ4v) is 3.45. The molecule has 1 rings (SSSR count). The highest BCUT2D eigenvalue weighted by Gasteiger charge is 2.18. The van der Waals surface area contributed by atoms with E-state index >= 15 is 0 Å². The lowest BCUT2D eigenvalue weighted by Gasteiger charge is -2.23. The standard InChI is InChI=1S/C10H15ClSi/c1-10(2,8-12-11)9-6-4-3-5-7-9/h3-7H,8,12H2,1-2H3. The molecule has 0 aromatic heterocycles. The van der Waals surface area contributed by atoms with E-state index in [1.165, 1.54) is 11.6 Å². The van der Waals surface area contributed by atoms with Gasteiger partial charge in [-0.25, -0.2) is 0 Å². The maximum Gasteiger partial charge on any atom is 0.126 e. The second-order valence-electron chi connectivity index (χ2n) is 3.69. The summed E-state index contributed by atoms with van der Waals surface area (Å²) in [6, 6.07) is 11.8. The van der Waals surface area contributed by atoms with E-state index in [0.29, 0.717) is 0 Å². The van der Waals surface area contributed by atoms with Crippen molar-refractivity contribution in [3.05, 3.63) is 35.9 Å². The van der Waals surface area contributed by atoms with E-state index in [2.05, 4.69) is 44.2 Å². The highest BCUT2D eigenvalue weighted by molar-refractivity contribution is 6.93. The predicted octanol–water partition coefficient (Wildman–Crippen LogP) is 2.71. The van der Waals surface area contributed by atoms with Gasteiger partial charge in [0.2, 0.25) is 0 Å². The molecule has 0 unspecified atom stereocenters. The summed E-state index contributed by atoms with van der Waals surface area (Å²) in [6.45, 7) is 4.52. The monoisotopic (exact) mass is 198 g/mol. The lowest BCUT2D eigenvalue weighted by molar-refractivity contribution is 0.589. The van der Waals surface area contributed by atoms with Gasteiger partial charge in [-0.3, -0.25) is 0 Å². The number of hydrogen-bond acceptors (Lipinski definition) is 0. The van der Waals surface area contributed by atoms with Gasteiger partial charge in [-0.05, 0) is 17.0 Å². The van der Waals surface area contributed by atoms with Crippen molar-refractivity contribution in [3.8, 4) is 0 Å². The van der Waals surface area contributed by atoms with Crippen LogP contribution in [0.4, 0.5) is 0 Å². The Morgan fingerprint density at radius 1 is 1.25 bits per heavy atom. The molecule has 0 N–H and O–H groups in total. The summed E-state index contributed by atoms with van der Waals surface area (Å²) < 4.78 is 0. The van der Waals surface area contributed by atoms with Gasteiger partial charge in [0.1, 0.15) is 8.83 Å². The third-order valence-electron chi connectivity index (χ3n) is 2.27. The summed E-state index contributed by atoms with van der Waals surface area (Å²) in [7, 11) is -0.362. The van der Waals surface area contributed by atoms with Crippen LogP contribution in [0, 0.1) is 0 Å². The average Bonchev–Trinajstić information content (AvgIpc) is 2.06.